The number of alkyl halides is 2. The first-order chi connectivity index (χ1) is 12.5. The number of imidazole rings is 1. The molecule has 9 heteroatoms. The van der Waals surface area contributed by atoms with Crippen molar-refractivity contribution in [3.63, 3.8) is 0 Å². The van der Waals surface area contributed by atoms with E-state index < -0.39 is 5.92 Å². The zero-order chi connectivity index (χ0) is 18.1. The molecule has 1 saturated carbocycles. The van der Waals surface area contributed by atoms with Gasteiger partial charge in [0.05, 0.1) is 12.8 Å². The molecule has 2 aromatic heterocycles. The van der Waals surface area contributed by atoms with E-state index in [2.05, 4.69) is 15.1 Å². The van der Waals surface area contributed by atoms with Crippen molar-refractivity contribution in [3.8, 4) is 6.01 Å². The number of rotatable bonds is 4. The van der Waals surface area contributed by atoms with Crippen LogP contribution >= 0.6 is 0 Å². The molecular weight excluding hydrogens is 346 g/mol. The van der Waals surface area contributed by atoms with Crippen LogP contribution in [0.15, 0.2) is 11.0 Å². The molecule has 1 aliphatic carbocycles. The van der Waals surface area contributed by atoms with E-state index in [1.165, 1.54) is 6.20 Å². The minimum atomic E-state index is -2.56. The third-order valence-electron chi connectivity index (χ3n) is 5.29. The lowest BCUT2D eigenvalue weighted by molar-refractivity contribution is -0.0502. The Morgan fingerprint density at radius 1 is 1.27 bits per heavy atom. The van der Waals surface area contributed by atoms with Gasteiger partial charge in [-0.05, 0) is 31.6 Å². The van der Waals surface area contributed by atoms with Crippen LogP contribution < -0.4 is 10.3 Å². The lowest BCUT2D eigenvalue weighted by Crippen LogP contribution is -2.28. The first-order valence-corrected chi connectivity index (χ1v) is 9.08. The number of fused-ring (bicyclic) bond motifs is 1. The van der Waals surface area contributed by atoms with Gasteiger partial charge in [0.1, 0.15) is 5.82 Å². The molecule has 0 spiro atoms. The predicted octanol–water partition coefficient (Wildman–Crippen LogP) is 2.52. The van der Waals surface area contributed by atoms with Gasteiger partial charge in [0, 0.05) is 32.0 Å². The third kappa shape index (κ3) is 3.58. The van der Waals surface area contributed by atoms with Crippen molar-refractivity contribution >= 4 is 5.52 Å². The fraction of sp³-hybridized carbons (Fsp3) is 0.706. The average Bonchev–Trinajstić information content (AvgIpc) is 3.06. The Morgan fingerprint density at radius 3 is 2.73 bits per heavy atom. The standard InChI is InChI=1S/C17H22F2N4O3/c18-17(19)5-1-11(2-6-17)10-26-16-21-15(24)13-9-20-14(23(13)22-16)12-3-7-25-8-4-12/h9,11-12H,1-8,10H2,(H,21,22,24). The summed E-state index contributed by atoms with van der Waals surface area (Å²) in [7, 11) is 0. The molecular formula is C17H22F2N4O3. The van der Waals surface area contributed by atoms with Crippen LogP contribution in [0.4, 0.5) is 8.78 Å². The summed E-state index contributed by atoms with van der Waals surface area (Å²) in [6, 6.07) is 0.103. The van der Waals surface area contributed by atoms with E-state index in [9.17, 15) is 13.6 Å². The summed E-state index contributed by atoms with van der Waals surface area (Å²) in [5, 5.41) is 4.37. The van der Waals surface area contributed by atoms with Gasteiger partial charge in [-0.15, -0.1) is 5.10 Å². The Balaban J connectivity index is 1.50. The van der Waals surface area contributed by atoms with Gasteiger partial charge in [-0.3, -0.25) is 9.78 Å². The molecule has 0 atom stereocenters. The van der Waals surface area contributed by atoms with E-state index in [1.807, 2.05) is 0 Å². The molecule has 7 nitrogen and oxygen atoms in total. The van der Waals surface area contributed by atoms with Crippen LogP contribution in [0.2, 0.25) is 0 Å². The molecule has 4 rings (SSSR count). The fourth-order valence-electron chi connectivity index (χ4n) is 3.66. The van der Waals surface area contributed by atoms with Crippen LogP contribution in [-0.4, -0.2) is 45.3 Å². The van der Waals surface area contributed by atoms with Crippen LogP contribution in [-0.2, 0) is 4.74 Å². The lowest BCUT2D eigenvalue weighted by Gasteiger charge is -2.27. The molecule has 3 heterocycles. The quantitative estimate of drug-likeness (QED) is 0.897. The number of aromatic amines is 1. The topological polar surface area (TPSA) is 81.5 Å². The molecule has 26 heavy (non-hydrogen) atoms. The molecule has 0 aromatic carbocycles. The van der Waals surface area contributed by atoms with Gasteiger partial charge >= 0.3 is 6.01 Å². The minimum absolute atomic E-state index is 0.0494. The largest absolute Gasteiger partial charge is 0.463 e. The van der Waals surface area contributed by atoms with Crippen molar-refractivity contribution in [3.05, 3.63) is 22.4 Å². The van der Waals surface area contributed by atoms with Gasteiger partial charge in [0.25, 0.3) is 5.56 Å². The monoisotopic (exact) mass is 368 g/mol. The molecule has 0 radical (unpaired) electrons. The summed E-state index contributed by atoms with van der Waals surface area (Å²) in [6.45, 7) is 1.60. The summed E-state index contributed by atoms with van der Waals surface area (Å²) in [4.78, 5) is 19.2. The van der Waals surface area contributed by atoms with Crippen LogP contribution in [0.5, 0.6) is 6.01 Å². The van der Waals surface area contributed by atoms with Gasteiger partial charge in [0.2, 0.25) is 5.92 Å². The van der Waals surface area contributed by atoms with Crippen molar-refractivity contribution < 1.29 is 18.3 Å². The Morgan fingerprint density at radius 2 is 2.00 bits per heavy atom. The smallest absolute Gasteiger partial charge is 0.314 e. The fourth-order valence-corrected chi connectivity index (χ4v) is 3.66. The second-order valence-electron chi connectivity index (χ2n) is 7.17. The number of hydrogen-bond donors (Lipinski definition) is 1. The van der Waals surface area contributed by atoms with Crippen LogP contribution in [0.25, 0.3) is 5.52 Å². The Bertz CT molecular complexity index is 819. The molecule has 142 valence electrons. The van der Waals surface area contributed by atoms with Crippen LogP contribution in [0, 0.1) is 5.92 Å². The number of halogens is 2. The highest BCUT2D eigenvalue weighted by Crippen LogP contribution is 2.36. The Hall–Kier alpha value is -2.03. The number of nitrogens with one attached hydrogen (secondary N) is 1. The highest BCUT2D eigenvalue weighted by Gasteiger charge is 2.35. The highest BCUT2D eigenvalue weighted by molar-refractivity contribution is 5.42. The van der Waals surface area contributed by atoms with Gasteiger partial charge in [-0.25, -0.2) is 18.3 Å². The van der Waals surface area contributed by atoms with E-state index in [-0.39, 0.29) is 42.9 Å². The summed E-state index contributed by atoms with van der Waals surface area (Å²) in [5.74, 6) is -1.59. The molecule has 0 unspecified atom stereocenters. The first kappa shape index (κ1) is 17.4. The number of hydrogen-bond acceptors (Lipinski definition) is 5. The summed E-state index contributed by atoms with van der Waals surface area (Å²) < 4.78 is 39.0. The summed E-state index contributed by atoms with van der Waals surface area (Å²) >= 11 is 0. The van der Waals surface area contributed by atoms with Crippen molar-refractivity contribution in [2.75, 3.05) is 19.8 Å². The van der Waals surface area contributed by atoms with E-state index in [0.717, 1.165) is 18.7 Å². The number of ether oxygens (including phenoxy) is 2. The minimum Gasteiger partial charge on any atom is -0.463 e. The third-order valence-corrected chi connectivity index (χ3v) is 5.29. The number of H-pyrrole nitrogens is 1. The summed E-state index contributed by atoms with van der Waals surface area (Å²) in [6.07, 6.45) is 3.79. The van der Waals surface area contributed by atoms with Gasteiger partial charge in [-0.2, -0.15) is 0 Å². The maximum atomic E-state index is 13.2. The Kier molecular flexibility index (Phi) is 4.64. The van der Waals surface area contributed by atoms with Crippen molar-refractivity contribution in [2.45, 2.75) is 50.4 Å². The molecule has 0 bridgehead atoms. The van der Waals surface area contributed by atoms with E-state index in [1.54, 1.807) is 4.52 Å². The van der Waals surface area contributed by atoms with Crippen molar-refractivity contribution in [1.82, 2.24) is 19.6 Å². The maximum absolute atomic E-state index is 13.2. The van der Waals surface area contributed by atoms with Crippen LogP contribution in [0.1, 0.15) is 50.3 Å². The van der Waals surface area contributed by atoms with Crippen LogP contribution in [0.3, 0.4) is 0 Å². The molecule has 0 amide bonds. The van der Waals surface area contributed by atoms with E-state index in [4.69, 9.17) is 9.47 Å². The second-order valence-corrected chi connectivity index (χ2v) is 7.17. The van der Waals surface area contributed by atoms with Gasteiger partial charge in [-0.1, -0.05) is 0 Å². The summed E-state index contributed by atoms with van der Waals surface area (Å²) in [5.41, 5.74) is 0.0483. The predicted molar refractivity (Wildman–Crippen MR) is 88.8 cm³/mol. The maximum Gasteiger partial charge on any atom is 0.314 e. The normalized spacial score (nSPS) is 21.9. The SMILES string of the molecule is O=c1[nH]c(OCC2CCC(F)(F)CC2)nn2c(C3CCOCC3)ncc12. The van der Waals surface area contributed by atoms with E-state index in [0.29, 0.717) is 31.6 Å². The van der Waals surface area contributed by atoms with Gasteiger partial charge in [0.15, 0.2) is 5.52 Å². The van der Waals surface area contributed by atoms with Crippen molar-refractivity contribution in [2.24, 2.45) is 5.92 Å². The zero-order valence-corrected chi connectivity index (χ0v) is 14.4. The molecule has 1 saturated heterocycles. The molecule has 2 aliphatic rings. The Labute approximate surface area is 148 Å². The molecule has 1 N–H and O–H groups in total. The zero-order valence-electron chi connectivity index (χ0n) is 14.4. The second kappa shape index (κ2) is 6.94. The molecule has 2 fully saturated rings. The average molecular weight is 368 g/mol. The number of aromatic nitrogens is 4. The molecule has 2 aromatic rings. The number of nitrogens with zero attached hydrogens (tertiary/aromatic N) is 3. The lowest BCUT2D eigenvalue weighted by atomic mass is 9.87. The highest BCUT2D eigenvalue weighted by atomic mass is 19.3. The molecule has 1 aliphatic heterocycles. The van der Waals surface area contributed by atoms with Crippen molar-refractivity contribution in [1.29, 1.82) is 0 Å². The first-order valence-electron chi connectivity index (χ1n) is 9.08. The van der Waals surface area contributed by atoms with E-state index >= 15 is 0 Å². The van der Waals surface area contributed by atoms with Gasteiger partial charge < -0.3 is 9.47 Å².